The van der Waals surface area contributed by atoms with Gasteiger partial charge in [-0.25, -0.2) is 0 Å². The number of hydrogen-bond acceptors (Lipinski definition) is 4. The number of nitro benzene ring substituents is 1. The summed E-state index contributed by atoms with van der Waals surface area (Å²) in [6.45, 7) is 0. The van der Waals surface area contributed by atoms with Crippen LogP contribution in [-0.2, 0) is 4.79 Å². The molecule has 0 unspecified atom stereocenters. The maximum Gasteiger partial charge on any atom is 0.291 e. The number of anilines is 1. The van der Waals surface area contributed by atoms with Gasteiger partial charge in [-0.05, 0) is 6.07 Å². The molecule has 1 amide bonds. The zero-order valence-electron chi connectivity index (χ0n) is 8.70. The van der Waals surface area contributed by atoms with Crippen molar-refractivity contribution in [2.45, 2.75) is 0 Å². The van der Waals surface area contributed by atoms with Gasteiger partial charge < -0.3 is 10.1 Å². The monoisotopic (exact) mass is 278 g/mol. The normalized spacial score (nSPS) is 9.82. The Morgan fingerprint density at radius 3 is 2.71 bits per heavy atom. The van der Waals surface area contributed by atoms with Crippen LogP contribution in [0.2, 0.25) is 5.02 Å². The number of nitrogens with zero attached hydrogens (tertiary/aromatic N) is 1. The molecule has 6 nitrogen and oxygen atoms in total. The van der Waals surface area contributed by atoms with Crippen molar-refractivity contribution in [1.29, 1.82) is 0 Å². The summed E-state index contributed by atoms with van der Waals surface area (Å²) in [4.78, 5) is 21.1. The number of nitro groups is 1. The molecule has 0 fully saturated rings. The first-order valence-corrected chi connectivity index (χ1v) is 5.28. The Kier molecular flexibility index (Phi) is 4.53. The van der Waals surface area contributed by atoms with Crippen LogP contribution in [0.25, 0.3) is 0 Å². The number of carbonyl (C=O) groups excluding carboxylic acids is 1. The number of hydrogen-bond donors (Lipinski definition) is 1. The Balaban J connectivity index is 3.18. The van der Waals surface area contributed by atoms with Gasteiger partial charge in [0, 0.05) is 0 Å². The molecule has 0 atom stereocenters. The molecule has 1 rings (SSSR count). The van der Waals surface area contributed by atoms with Crippen molar-refractivity contribution in [3.05, 3.63) is 27.3 Å². The molecule has 0 aliphatic heterocycles. The van der Waals surface area contributed by atoms with Crippen LogP contribution in [0, 0.1) is 10.1 Å². The molecule has 0 heterocycles. The van der Waals surface area contributed by atoms with E-state index in [1.165, 1.54) is 13.2 Å². The first kappa shape index (κ1) is 13.5. The molecule has 0 saturated heterocycles. The van der Waals surface area contributed by atoms with E-state index in [9.17, 15) is 14.9 Å². The summed E-state index contributed by atoms with van der Waals surface area (Å²) in [6, 6.07) is 2.37. The number of benzene rings is 1. The van der Waals surface area contributed by atoms with Gasteiger partial charge in [-0.15, -0.1) is 11.6 Å². The van der Waals surface area contributed by atoms with Crippen molar-refractivity contribution in [3.63, 3.8) is 0 Å². The second-order valence-electron chi connectivity index (χ2n) is 2.94. The molecular formula is C9H8Cl2N2O4. The molecule has 0 aromatic heterocycles. The van der Waals surface area contributed by atoms with Crippen LogP contribution in [0.1, 0.15) is 0 Å². The van der Waals surface area contributed by atoms with E-state index >= 15 is 0 Å². The molecule has 0 bridgehead atoms. The summed E-state index contributed by atoms with van der Waals surface area (Å²) < 4.78 is 4.92. The largest absolute Gasteiger partial charge is 0.494 e. The van der Waals surface area contributed by atoms with E-state index in [4.69, 9.17) is 27.9 Å². The summed E-state index contributed by atoms with van der Waals surface area (Å²) in [5.41, 5.74) is -0.0684. The van der Waals surface area contributed by atoms with Gasteiger partial charge in [0.1, 0.15) is 16.7 Å². The van der Waals surface area contributed by atoms with Gasteiger partial charge in [0.15, 0.2) is 0 Å². The number of ether oxygens (including phenoxy) is 1. The van der Waals surface area contributed by atoms with Gasteiger partial charge >= 0.3 is 0 Å². The molecule has 1 aromatic carbocycles. The smallest absolute Gasteiger partial charge is 0.291 e. The molecule has 8 heteroatoms. The van der Waals surface area contributed by atoms with E-state index in [2.05, 4.69) is 5.32 Å². The minimum absolute atomic E-state index is 0.0966. The first-order valence-electron chi connectivity index (χ1n) is 4.37. The lowest BCUT2D eigenvalue weighted by molar-refractivity contribution is -0.384. The average molecular weight is 279 g/mol. The lowest BCUT2D eigenvalue weighted by Gasteiger charge is -2.09. The highest BCUT2D eigenvalue weighted by atomic mass is 35.5. The van der Waals surface area contributed by atoms with E-state index in [0.29, 0.717) is 0 Å². The second-order valence-corrected chi connectivity index (χ2v) is 3.62. The van der Waals surface area contributed by atoms with Crippen LogP contribution in [0.15, 0.2) is 12.1 Å². The Labute approximate surface area is 107 Å². The molecule has 0 aliphatic carbocycles. The molecule has 17 heavy (non-hydrogen) atoms. The quantitative estimate of drug-likeness (QED) is 0.521. The molecule has 0 aliphatic rings. The molecule has 0 radical (unpaired) electrons. The molecule has 0 saturated carbocycles. The highest BCUT2D eigenvalue weighted by Gasteiger charge is 2.18. The summed E-state index contributed by atoms with van der Waals surface area (Å²) in [7, 11) is 1.32. The lowest BCUT2D eigenvalue weighted by atomic mass is 10.2. The second kappa shape index (κ2) is 5.70. The molecule has 0 spiro atoms. The highest BCUT2D eigenvalue weighted by molar-refractivity contribution is 6.33. The minimum Gasteiger partial charge on any atom is -0.494 e. The number of rotatable bonds is 4. The molecular weight excluding hydrogens is 271 g/mol. The topological polar surface area (TPSA) is 81.5 Å². The summed E-state index contributed by atoms with van der Waals surface area (Å²) in [5.74, 6) is -0.563. The highest BCUT2D eigenvalue weighted by Crippen LogP contribution is 2.35. The minimum atomic E-state index is -0.641. The Morgan fingerprint density at radius 1 is 1.59 bits per heavy atom. The van der Waals surface area contributed by atoms with Gasteiger partial charge in [-0.3, -0.25) is 14.9 Å². The van der Waals surface area contributed by atoms with E-state index < -0.39 is 10.8 Å². The predicted molar refractivity (Wildman–Crippen MR) is 64.0 cm³/mol. The van der Waals surface area contributed by atoms with Crippen molar-refractivity contribution in [3.8, 4) is 5.75 Å². The third-order valence-corrected chi connectivity index (χ3v) is 2.41. The third kappa shape index (κ3) is 3.21. The number of halogens is 2. The maximum atomic E-state index is 11.1. The van der Waals surface area contributed by atoms with Crippen LogP contribution in [-0.4, -0.2) is 23.8 Å². The fourth-order valence-corrected chi connectivity index (χ4v) is 1.43. The van der Waals surface area contributed by atoms with E-state index in [1.54, 1.807) is 0 Å². The van der Waals surface area contributed by atoms with Gasteiger partial charge in [0.2, 0.25) is 5.91 Å². The van der Waals surface area contributed by atoms with Crippen LogP contribution in [0.4, 0.5) is 11.4 Å². The van der Waals surface area contributed by atoms with Crippen LogP contribution in [0.3, 0.4) is 0 Å². The third-order valence-electron chi connectivity index (χ3n) is 1.86. The number of carbonyl (C=O) groups is 1. The van der Waals surface area contributed by atoms with Crippen molar-refractivity contribution in [2.24, 2.45) is 0 Å². The Morgan fingerprint density at radius 2 is 2.24 bits per heavy atom. The van der Waals surface area contributed by atoms with Crippen molar-refractivity contribution in [1.82, 2.24) is 0 Å². The van der Waals surface area contributed by atoms with Crippen LogP contribution >= 0.6 is 23.2 Å². The zero-order chi connectivity index (χ0) is 13.0. The van der Waals surface area contributed by atoms with Gasteiger partial charge in [0.05, 0.1) is 23.8 Å². The summed E-state index contributed by atoms with van der Waals surface area (Å²) >= 11 is 11.0. The first-order chi connectivity index (χ1) is 7.99. The van der Waals surface area contributed by atoms with Gasteiger partial charge in [-0.1, -0.05) is 11.6 Å². The van der Waals surface area contributed by atoms with Crippen molar-refractivity contribution in [2.75, 3.05) is 18.3 Å². The molecule has 92 valence electrons. The maximum absolute atomic E-state index is 11.1. The van der Waals surface area contributed by atoms with Crippen LogP contribution in [0.5, 0.6) is 5.75 Å². The predicted octanol–water partition coefficient (Wildman–Crippen LogP) is 2.43. The van der Waals surface area contributed by atoms with Crippen molar-refractivity contribution >= 4 is 40.5 Å². The van der Waals surface area contributed by atoms with Gasteiger partial charge in [0.25, 0.3) is 5.69 Å². The molecule has 1 N–H and O–H groups in total. The van der Waals surface area contributed by atoms with E-state index in [0.717, 1.165) is 6.07 Å². The summed E-state index contributed by atoms with van der Waals surface area (Å²) in [5, 5.41) is 13.0. The molecule has 1 aromatic rings. The van der Waals surface area contributed by atoms with Gasteiger partial charge in [-0.2, -0.15) is 0 Å². The van der Waals surface area contributed by atoms with E-state index in [-0.39, 0.29) is 28.0 Å². The Bertz CT molecular complexity index is 465. The van der Waals surface area contributed by atoms with Crippen molar-refractivity contribution < 1.29 is 14.5 Å². The number of alkyl halides is 1. The average Bonchev–Trinajstić information content (AvgIpc) is 2.28. The Hall–Kier alpha value is -1.53. The number of nitrogens with one attached hydrogen (secondary N) is 1. The number of methoxy groups -OCH3 is 1. The summed E-state index contributed by atoms with van der Waals surface area (Å²) in [6.07, 6.45) is 0. The van der Waals surface area contributed by atoms with E-state index in [1.807, 2.05) is 0 Å². The fraction of sp³-hybridized carbons (Fsp3) is 0.222. The number of amides is 1. The fourth-order valence-electron chi connectivity index (χ4n) is 1.13. The standard InChI is InChI=1S/C9H8Cl2N2O4/c1-17-8-3-7(13(15)16)5(11)2-6(8)12-9(14)4-10/h2-3H,4H2,1H3,(H,12,14). The SMILES string of the molecule is COc1cc([N+](=O)[O-])c(Cl)cc1NC(=O)CCl. The van der Waals surface area contributed by atoms with Crippen LogP contribution < -0.4 is 10.1 Å². The lowest BCUT2D eigenvalue weighted by Crippen LogP contribution is -2.13. The zero-order valence-corrected chi connectivity index (χ0v) is 10.2.